The van der Waals surface area contributed by atoms with Gasteiger partial charge >= 0.3 is 0 Å². The highest BCUT2D eigenvalue weighted by Gasteiger charge is 1.98. The van der Waals surface area contributed by atoms with Crippen LogP contribution in [0.2, 0.25) is 0 Å². The van der Waals surface area contributed by atoms with E-state index in [9.17, 15) is 0 Å². The second-order valence-corrected chi connectivity index (χ2v) is 4.35. The van der Waals surface area contributed by atoms with E-state index >= 15 is 0 Å². The first-order valence-corrected chi connectivity index (χ1v) is 6.52. The smallest absolute Gasteiger partial charge is 0.115 e. The quantitative estimate of drug-likeness (QED) is 0.748. The Hall–Kier alpha value is -1.98. The van der Waals surface area contributed by atoms with Crippen molar-refractivity contribution in [1.29, 1.82) is 0 Å². The molecule has 1 aromatic heterocycles. The van der Waals surface area contributed by atoms with Gasteiger partial charge in [-0.1, -0.05) is 12.1 Å². The van der Waals surface area contributed by atoms with Gasteiger partial charge in [0, 0.05) is 37.3 Å². The molecule has 20 heavy (non-hydrogen) atoms. The summed E-state index contributed by atoms with van der Waals surface area (Å²) in [7, 11) is 1.67. The minimum atomic E-state index is 0.591. The predicted molar refractivity (Wildman–Crippen MR) is 77.3 cm³/mol. The first-order chi connectivity index (χ1) is 9.88. The highest BCUT2D eigenvalue weighted by atomic mass is 16.5. The van der Waals surface area contributed by atoms with Crippen molar-refractivity contribution in [1.82, 2.24) is 9.97 Å². The molecule has 0 saturated heterocycles. The van der Waals surface area contributed by atoms with E-state index in [0.717, 1.165) is 16.8 Å². The number of nitrogens with one attached hydrogen (secondary N) is 1. The Kier molecular flexibility index (Phi) is 5.95. The lowest BCUT2D eigenvalue weighted by Crippen LogP contribution is -2.03. The van der Waals surface area contributed by atoms with Gasteiger partial charge in [0.05, 0.1) is 19.8 Å². The molecule has 0 saturated carbocycles. The van der Waals surface area contributed by atoms with Crippen molar-refractivity contribution in [2.24, 2.45) is 0 Å². The molecule has 0 aliphatic heterocycles. The second kappa shape index (κ2) is 8.24. The molecule has 0 amide bonds. The predicted octanol–water partition coefficient (Wildman–Crippen LogP) is 2.25. The SMILES string of the molecule is COCCOCc1cccc(NCc2cncnc2)c1. The number of rotatable bonds is 8. The Morgan fingerprint density at radius 2 is 1.95 bits per heavy atom. The fourth-order valence-electron chi connectivity index (χ4n) is 1.73. The first-order valence-electron chi connectivity index (χ1n) is 6.52. The lowest BCUT2D eigenvalue weighted by molar-refractivity contribution is 0.0617. The molecule has 5 nitrogen and oxygen atoms in total. The third-order valence-corrected chi connectivity index (χ3v) is 2.74. The number of hydrogen-bond donors (Lipinski definition) is 1. The Labute approximate surface area is 119 Å². The highest BCUT2D eigenvalue weighted by Crippen LogP contribution is 2.12. The Morgan fingerprint density at radius 3 is 2.75 bits per heavy atom. The van der Waals surface area contributed by atoms with Crippen molar-refractivity contribution in [2.75, 3.05) is 25.6 Å². The first kappa shape index (κ1) is 14.4. The van der Waals surface area contributed by atoms with Gasteiger partial charge < -0.3 is 14.8 Å². The summed E-state index contributed by atoms with van der Waals surface area (Å²) >= 11 is 0. The molecule has 2 aromatic rings. The van der Waals surface area contributed by atoms with E-state index < -0.39 is 0 Å². The molecule has 1 aromatic carbocycles. The van der Waals surface area contributed by atoms with Gasteiger partial charge in [-0.3, -0.25) is 0 Å². The lowest BCUT2D eigenvalue weighted by atomic mass is 10.2. The maximum absolute atomic E-state index is 5.51. The van der Waals surface area contributed by atoms with E-state index in [2.05, 4.69) is 21.4 Å². The van der Waals surface area contributed by atoms with Gasteiger partial charge in [0.25, 0.3) is 0 Å². The summed E-state index contributed by atoms with van der Waals surface area (Å²) in [5, 5.41) is 3.34. The maximum Gasteiger partial charge on any atom is 0.115 e. The van der Waals surface area contributed by atoms with Crippen molar-refractivity contribution in [3.63, 3.8) is 0 Å². The molecule has 0 unspecified atom stereocenters. The van der Waals surface area contributed by atoms with Crippen molar-refractivity contribution in [3.05, 3.63) is 54.1 Å². The van der Waals surface area contributed by atoms with Crippen LogP contribution in [0.4, 0.5) is 5.69 Å². The number of benzene rings is 1. The summed E-state index contributed by atoms with van der Waals surface area (Å²) in [4.78, 5) is 7.98. The van der Waals surface area contributed by atoms with E-state index in [-0.39, 0.29) is 0 Å². The molecular weight excluding hydrogens is 254 g/mol. The number of aromatic nitrogens is 2. The van der Waals surface area contributed by atoms with Crippen LogP contribution in [0.3, 0.4) is 0 Å². The largest absolute Gasteiger partial charge is 0.382 e. The van der Waals surface area contributed by atoms with Crippen molar-refractivity contribution >= 4 is 5.69 Å². The summed E-state index contributed by atoms with van der Waals surface area (Å²) in [6.45, 7) is 2.52. The normalized spacial score (nSPS) is 10.4. The summed E-state index contributed by atoms with van der Waals surface area (Å²) in [6.07, 6.45) is 5.14. The summed E-state index contributed by atoms with van der Waals surface area (Å²) < 4.78 is 10.4. The molecule has 0 aliphatic carbocycles. The van der Waals surface area contributed by atoms with Crippen LogP contribution in [-0.2, 0) is 22.6 Å². The molecule has 0 fully saturated rings. The van der Waals surface area contributed by atoms with Crippen LogP contribution in [-0.4, -0.2) is 30.3 Å². The summed E-state index contributed by atoms with van der Waals surface area (Å²) in [5.74, 6) is 0. The van der Waals surface area contributed by atoms with Crippen LogP contribution in [0.15, 0.2) is 43.0 Å². The number of ether oxygens (including phenoxy) is 2. The van der Waals surface area contributed by atoms with E-state index in [1.807, 2.05) is 18.2 Å². The summed E-state index contributed by atoms with van der Waals surface area (Å²) in [5.41, 5.74) is 3.24. The molecular formula is C15H19N3O2. The number of nitrogens with zero attached hydrogens (tertiary/aromatic N) is 2. The van der Waals surface area contributed by atoms with E-state index in [1.165, 1.54) is 6.33 Å². The van der Waals surface area contributed by atoms with Gasteiger partial charge in [0.1, 0.15) is 6.33 Å². The Balaban J connectivity index is 1.83. The molecule has 106 valence electrons. The molecule has 5 heteroatoms. The van der Waals surface area contributed by atoms with Crippen LogP contribution < -0.4 is 5.32 Å². The zero-order valence-corrected chi connectivity index (χ0v) is 11.6. The van der Waals surface area contributed by atoms with E-state index in [0.29, 0.717) is 26.4 Å². The van der Waals surface area contributed by atoms with E-state index in [1.54, 1.807) is 19.5 Å². The van der Waals surface area contributed by atoms with Gasteiger partial charge in [-0.05, 0) is 17.7 Å². The van der Waals surface area contributed by atoms with Gasteiger partial charge in [0.2, 0.25) is 0 Å². The molecule has 0 bridgehead atoms. The third-order valence-electron chi connectivity index (χ3n) is 2.74. The van der Waals surface area contributed by atoms with Gasteiger partial charge in [0.15, 0.2) is 0 Å². The van der Waals surface area contributed by atoms with Crippen molar-refractivity contribution < 1.29 is 9.47 Å². The average molecular weight is 273 g/mol. The molecule has 0 atom stereocenters. The van der Waals surface area contributed by atoms with Gasteiger partial charge in [-0.2, -0.15) is 0 Å². The molecule has 0 spiro atoms. The van der Waals surface area contributed by atoms with Crippen LogP contribution in [0.25, 0.3) is 0 Å². The van der Waals surface area contributed by atoms with Crippen LogP contribution in [0.5, 0.6) is 0 Å². The standard InChI is InChI=1S/C15H19N3O2/c1-19-5-6-20-11-13-3-2-4-15(7-13)18-10-14-8-16-12-17-9-14/h2-4,7-9,12,18H,5-6,10-11H2,1H3. The molecule has 0 aliphatic rings. The fourth-order valence-corrected chi connectivity index (χ4v) is 1.73. The second-order valence-electron chi connectivity index (χ2n) is 4.35. The minimum Gasteiger partial charge on any atom is -0.382 e. The molecule has 1 N–H and O–H groups in total. The number of anilines is 1. The van der Waals surface area contributed by atoms with Crippen LogP contribution >= 0.6 is 0 Å². The van der Waals surface area contributed by atoms with Crippen LogP contribution in [0, 0.1) is 0 Å². The van der Waals surface area contributed by atoms with Gasteiger partial charge in [-0.15, -0.1) is 0 Å². The van der Waals surface area contributed by atoms with Gasteiger partial charge in [-0.25, -0.2) is 9.97 Å². The summed E-state index contributed by atoms with van der Waals surface area (Å²) in [6, 6.07) is 8.17. The average Bonchev–Trinajstić information content (AvgIpc) is 2.51. The molecule has 0 radical (unpaired) electrons. The Bertz CT molecular complexity index is 505. The topological polar surface area (TPSA) is 56.3 Å². The Morgan fingerprint density at radius 1 is 1.10 bits per heavy atom. The van der Waals surface area contributed by atoms with Crippen LogP contribution in [0.1, 0.15) is 11.1 Å². The minimum absolute atomic E-state index is 0.591. The third kappa shape index (κ3) is 4.95. The molecule has 2 rings (SSSR count). The zero-order chi connectivity index (χ0) is 14.0. The van der Waals surface area contributed by atoms with Crippen molar-refractivity contribution in [2.45, 2.75) is 13.2 Å². The monoisotopic (exact) mass is 273 g/mol. The zero-order valence-electron chi connectivity index (χ0n) is 11.6. The highest BCUT2D eigenvalue weighted by molar-refractivity contribution is 5.45. The maximum atomic E-state index is 5.51. The number of methoxy groups -OCH3 is 1. The number of hydrogen-bond acceptors (Lipinski definition) is 5. The van der Waals surface area contributed by atoms with E-state index in [4.69, 9.17) is 9.47 Å². The van der Waals surface area contributed by atoms with Crippen molar-refractivity contribution in [3.8, 4) is 0 Å². The fraction of sp³-hybridized carbons (Fsp3) is 0.333. The lowest BCUT2D eigenvalue weighted by Gasteiger charge is -2.08. The molecule has 1 heterocycles.